The first-order chi connectivity index (χ1) is 17.8. The Morgan fingerprint density at radius 1 is 1.00 bits per heavy atom. The monoisotopic (exact) mass is 501 g/mol. The number of allylic oxidation sites excluding steroid dienone is 2. The minimum atomic E-state index is -0.767. The van der Waals surface area contributed by atoms with Crippen molar-refractivity contribution in [1.29, 1.82) is 0 Å². The average molecular weight is 501 g/mol. The van der Waals surface area contributed by atoms with Gasteiger partial charge in [0.15, 0.2) is 5.78 Å². The van der Waals surface area contributed by atoms with Crippen LogP contribution in [0.1, 0.15) is 27.1 Å². The van der Waals surface area contributed by atoms with E-state index in [0.29, 0.717) is 17.6 Å². The first-order valence-electron chi connectivity index (χ1n) is 12.1. The summed E-state index contributed by atoms with van der Waals surface area (Å²) >= 11 is 0. The first kappa shape index (κ1) is 23.1. The van der Waals surface area contributed by atoms with Crippen molar-refractivity contribution in [3.05, 3.63) is 81.9 Å². The van der Waals surface area contributed by atoms with Gasteiger partial charge in [-0.1, -0.05) is 24.3 Å². The van der Waals surface area contributed by atoms with Gasteiger partial charge >= 0.3 is 0 Å². The third-order valence-electron chi connectivity index (χ3n) is 8.13. The van der Waals surface area contributed by atoms with E-state index in [1.165, 1.54) is 37.4 Å². The van der Waals surface area contributed by atoms with Gasteiger partial charge in [-0.3, -0.25) is 29.3 Å². The van der Waals surface area contributed by atoms with Gasteiger partial charge in [0.2, 0.25) is 0 Å². The number of amides is 3. The molecule has 7 rings (SSSR count). The zero-order valence-corrected chi connectivity index (χ0v) is 19.9. The van der Waals surface area contributed by atoms with Crippen LogP contribution in [0.5, 0.6) is 5.75 Å². The van der Waals surface area contributed by atoms with Crippen molar-refractivity contribution in [2.75, 3.05) is 13.7 Å². The number of rotatable bonds is 7. The largest absolute Gasteiger partial charge is 0.497 e. The molecule has 4 aliphatic carbocycles. The molecule has 1 saturated heterocycles. The lowest BCUT2D eigenvalue weighted by Gasteiger charge is -2.37. The lowest BCUT2D eigenvalue weighted by molar-refractivity contribution is -0.384. The van der Waals surface area contributed by atoms with Crippen molar-refractivity contribution in [3.8, 4) is 5.75 Å². The Morgan fingerprint density at radius 2 is 1.62 bits per heavy atom. The van der Waals surface area contributed by atoms with Crippen LogP contribution in [0.25, 0.3) is 0 Å². The Kier molecular flexibility index (Phi) is 5.22. The van der Waals surface area contributed by atoms with Gasteiger partial charge in [0, 0.05) is 23.3 Å². The minimum absolute atomic E-state index is 0.0171. The SMILES string of the molecule is COc1cccc(C(=O)CN(C(=O)c2ccc([N+](=O)[O-])cc2)N2C(=O)[C@@H]3[C@H]4C=C[C@@H]([C@@H]5C[C@H]45)[C@H]3C2=O)c1. The molecule has 5 aliphatic rings. The Balaban J connectivity index is 1.36. The zero-order valence-electron chi connectivity index (χ0n) is 19.9. The number of non-ortho nitro benzene ring substituents is 1. The number of benzene rings is 2. The summed E-state index contributed by atoms with van der Waals surface area (Å²) in [4.78, 5) is 64.8. The van der Waals surface area contributed by atoms with E-state index in [0.717, 1.165) is 16.4 Å². The predicted molar refractivity (Wildman–Crippen MR) is 128 cm³/mol. The van der Waals surface area contributed by atoms with Gasteiger partial charge in [-0.05, 0) is 54.4 Å². The molecule has 2 bridgehead atoms. The molecule has 0 unspecified atom stereocenters. The number of nitrogens with zero attached hydrogens (tertiary/aromatic N) is 3. The molecule has 10 nitrogen and oxygen atoms in total. The molecule has 2 aromatic carbocycles. The van der Waals surface area contributed by atoms with E-state index in [9.17, 15) is 29.3 Å². The van der Waals surface area contributed by atoms with Crippen LogP contribution in [0.4, 0.5) is 5.69 Å². The van der Waals surface area contributed by atoms with Crippen molar-refractivity contribution >= 4 is 29.2 Å². The van der Waals surface area contributed by atoms with E-state index in [2.05, 4.69) is 0 Å². The average Bonchev–Trinajstić information content (AvgIpc) is 3.70. The lowest BCUT2D eigenvalue weighted by Crippen LogP contribution is -2.52. The van der Waals surface area contributed by atoms with Gasteiger partial charge in [-0.25, -0.2) is 5.01 Å². The number of hydrogen-bond donors (Lipinski definition) is 0. The molecule has 0 aromatic heterocycles. The fourth-order valence-corrected chi connectivity index (χ4v) is 6.31. The van der Waals surface area contributed by atoms with Gasteiger partial charge in [0.05, 0.1) is 23.9 Å². The molecular weight excluding hydrogens is 478 g/mol. The van der Waals surface area contributed by atoms with Crippen LogP contribution in [-0.4, -0.2) is 52.1 Å². The standard InChI is InChI=1S/C27H23N3O7/c1-37-17-4-2-3-15(11-17)22(31)13-28(25(32)14-5-7-16(8-6-14)30(35)36)29-26(33)23-18-9-10-19(21-12-20(18)21)24(23)27(29)34/h2-11,18-21,23-24H,12-13H2,1H3/t18-,19-,20-,21+,23+,24+/m0/s1. The molecule has 0 radical (unpaired) electrons. The van der Waals surface area contributed by atoms with Crippen molar-refractivity contribution in [3.63, 3.8) is 0 Å². The number of carbonyl (C=O) groups is 4. The molecule has 3 fully saturated rings. The predicted octanol–water partition coefficient (Wildman–Crippen LogP) is 2.90. The smallest absolute Gasteiger partial charge is 0.273 e. The van der Waals surface area contributed by atoms with Gasteiger partial charge in [0.25, 0.3) is 23.4 Å². The van der Waals surface area contributed by atoms with Crippen molar-refractivity contribution in [2.24, 2.45) is 35.5 Å². The Hall–Kier alpha value is -4.34. The highest BCUT2D eigenvalue weighted by molar-refractivity contribution is 6.10. The molecular formula is C27H23N3O7. The highest BCUT2D eigenvalue weighted by Crippen LogP contribution is 2.65. The minimum Gasteiger partial charge on any atom is -0.497 e. The molecule has 0 N–H and O–H groups in total. The zero-order chi connectivity index (χ0) is 26.0. The molecule has 2 aromatic rings. The van der Waals surface area contributed by atoms with Gasteiger partial charge in [-0.2, -0.15) is 5.01 Å². The maximum absolute atomic E-state index is 13.7. The molecule has 0 spiro atoms. The molecule has 2 saturated carbocycles. The second-order valence-corrected chi connectivity index (χ2v) is 9.96. The molecule has 1 aliphatic heterocycles. The summed E-state index contributed by atoms with van der Waals surface area (Å²) < 4.78 is 5.19. The lowest BCUT2D eigenvalue weighted by atomic mass is 9.63. The van der Waals surface area contributed by atoms with Gasteiger partial charge < -0.3 is 4.74 Å². The van der Waals surface area contributed by atoms with Gasteiger partial charge in [0.1, 0.15) is 12.3 Å². The molecule has 3 amide bonds. The van der Waals surface area contributed by atoms with Crippen molar-refractivity contribution in [1.82, 2.24) is 10.0 Å². The third kappa shape index (κ3) is 3.54. The number of ketones is 1. The summed E-state index contributed by atoms with van der Waals surface area (Å²) in [5.41, 5.74) is 0.0561. The van der Waals surface area contributed by atoms with Crippen LogP contribution in [0.15, 0.2) is 60.7 Å². The second-order valence-electron chi connectivity index (χ2n) is 9.96. The van der Waals surface area contributed by atoms with Crippen LogP contribution in [0.3, 0.4) is 0 Å². The molecule has 10 heteroatoms. The Morgan fingerprint density at radius 3 is 2.19 bits per heavy atom. The molecule has 1 heterocycles. The number of ether oxygens (including phenoxy) is 1. The van der Waals surface area contributed by atoms with E-state index < -0.39 is 46.8 Å². The normalized spacial score (nSPS) is 28.5. The number of Topliss-reactive ketones (excluding diaryl/α,β-unsaturated/α-hetero) is 1. The van der Waals surface area contributed by atoms with Crippen LogP contribution < -0.4 is 4.74 Å². The quantitative estimate of drug-likeness (QED) is 0.188. The Bertz CT molecular complexity index is 1350. The highest BCUT2D eigenvalue weighted by atomic mass is 16.6. The van der Waals surface area contributed by atoms with E-state index >= 15 is 0 Å². The number of methoxy groups -OCH3 is 1. The number of nitro groups is 1. The number of carbonyl (C=O) groups excluding carboxylic acids is 4. The van der Waals surface area contributed by atoms with E-state index in [4.69, 9.17) is 4.74 Å². The van der Waals surface area contributed by atoms with Crippen LogP contribution >= 0.6 is 0 Å². The van der Waals surface area contributed by atoms with Crippen molar-refractivity contribution in [2.45, 2.75) is 6.42 Å². The number of nitro benzene ring substituents is 1. The summed E-state index contributed by atoms with van der Waals surface area (Å²) in [6.45, 7) is -0.560. The fourth-order valence-electron chi connectivity index (χ4n) is 6.31. The van der Waals surface area contributed by atoms with Crippen molar-refractivity contribution < 1.29 is 28.8 Å². The van der Waals surface area contributed by atoms with Gasteiger partial charge in [-0.15, -0.1) is 0 Å². The molecule has 6 atom stereocenters. The first-order valence-corrected chi connectivity index (χ1v) is 12.1. The van der Waals surface area contributed by atoms with E-state index in [-0.39, 0.29) is 28.7 Å². The third-order valence-corrected chi connectivity index (χ3v) is 8.13. The Labute approximate surface area is 211 Å². The van der Waals surface area contributed by atoms with E-state index in [1.807, 2.05) is 12.2 Å². The highest BCUT2D eigenvalue weighted by Gasteiger charge is 2.68. The second kappa shape index (κ2) is 8.36. The van der Waals surface area contributed by atoms with E-state index in [1.54, 1.807) is 18.2 Å². The number of hydrogen-bond acceptors (Lipinski definition) is 7. The van der Waals surface area contributed by atoms with Crippen LogP contribution in [0, 0.1) is 45.6 Å². The topological polar surface area (TPSA) is 127 Å². The maximum Gasteiger partial charge on any atom is 0.273 e. The summed E-state index contributed by atoms with van der Waals surface area (Å²) in [6.07, 6.45) is 5.05. The fraction of sp³-hybridized carbons (Fsp3) is 0.333. The molecule has 37 heavy (non-hydrogen) atoms. The maximum atomic E-state index is 13.7. The number of imide groups is 1. The summed E-state index contributed by atoms with van der Waals surface area (Å²) in [5.74, 6) is -2.21. The van der Waals surface area contributed by atoms with Crippen LogP contribution in [0.2, 0.25) is 0 Å². The molecule has 188 valence electrons. The summed E-state index contributed by atoms with van der Waals surface area (Å²) in [7, 11) is 1.46. The summed E-state index contributed by atoms with van der Waals surface area (Å²) in [5, 5.41) is 12.8. The van der Waals surface area contributed by atoms with Crippen LogP contribution in [-0.2, 0) is 9.59 Å². The number of hydrazine groups is 1. The summed E-state index contributed by atoms with van der Waals surface area (Å²) in [6, 6.07) is 11.2.